The molecule has 0 bridgehead atoms. The number of nitrogens with one attached hydrogen (secondary N) is 2. The summed E-state index contributed by atoms with van der Waals surface area (Å²) in [5.74, 6) is 0.530. The molecule has 0 spiro atoms. The third-order valence-electron chi connectivity index (χ3n) is 3.89. The number of hydrogen-bond acceptors (Lipinski definition) is 4. The van der Waals surface area contributed by atoms with Crippen LogP contribution < -0.4 is 5.32 Å². The van der Waals surface area contributed by atoms with Gasteiger partial charge in [0.1, 0.15) is 5.82 Å². The van der Waals surface area contributed by atoms with E-state index in [0.717, 1.165) is 23.1 Å². The van der Waals surface area contributed by atoms with E-state index in [1.807, 2.05) is 12.1 Å². The number of benzene rings is 2. The van der Waals surface area contributed by atoms with Crippen LogP contribution in [0.1, 0.15) is 22.6 Å². The minimum Gasteiger partial charge on any atom is -0.352 e. The zero-order valence-electron chi connectivity index (χ0n) is 14.1. The zero-order chi connectivity index (χ0) is 18.7. The lowest BCUT2D eigenvalue weighted by Crippen LogP contribution is -2.25. The molecule has 0 aliphatic carbocycles. The Kier molecular flexibility index (Phi) is 5.29. The maximum atomic E-state index is 12.2. The number of imidazole rings is 1. The molecule has 2 N–H and O–H groups in total. The highest BCUT2D eigenvalue weighted by Gasteiger charge is 2.11. The Bertz CT molecular complexity index is 1060. The Balaban J connectivity index is 1.55. The fraction of sp³-hybridized carbons (Fsp3) is 0.222. The second-order valence-corrected chi connectivity index (χ2v) is 8.46. The van der Waals surface area contributed by atoms with Gasteiger partial charge in [-0.25, -0.2) is 13.4 Å². The van der Waals surface area contributed by atoms with E-state index < -0.39 is 9.84 Å². The average molecular weight is 392 g/mol. The molecule has 0 aliphatic rings. The van der Waals surface area contributed by atoms with Gasteiger partial charge in [0.2, 0.25) is 0 Å². The van der Waals surface area contributed by atoms with E-state index >= 15 is 0 Å². The number of hydrogen-bond donors (Lipinski definition) is 2. The molecule has 3 aromatic rings. The maximum absolute atomic E-state index is 12.2. The number of amides is 1. The summed E-state index contributed by atoms with van der Waals surface area (Å²) in [5, 5.41) is 3.44. The summed E-state index contributed by atoms with van der Waals surface area (Å²) >= 11 is 5.95. The molecule has 1 amide bonds. The van der Waals surface area contributed by atoms with Crippen LogP contribution in [0.25, 0.3) is 11.0 Å². The smallest absolute Gasteiger partial charge is 0.251 e. The van der Waals surface area contributed by atoms with Gasteiger partial charge in [-0.05, 0) is 42.8 Å². The van der Waals surface area contributed by atoms with Crippen LogP contribution in [0, 0.1) is 0 Å². The number of carbonyl (C=O) groups is 1. The monoisotopic (exact) mass is 391 g/mol. The summed E-state index contributed by atoms with van der Waals surface area (Å²) in [6.45, 7) is 0.458. The molecule has 0 radical (unpaired) electrons. The molecule has 0 saturated heterocycles. The van der Waals surface area contributed by atoms with Crippen LogP contribution in [0.2, 0.25) is 5.02 Å². The number of carbonyl (C=O) groups excluding carboxylic acids is 1. The van der Waals surface area contributed by atoms with Crippen LogP contribution in [-0.4, -0.2) is 37.1 Å². The predicted octanol–water partition coefficient (Wildman–Crippen LogP) is 2.98. The Labute approximate surface area is 156 Å². The SMILES string of the molecule is CS(=O)(=O)c1cccc(C(=O)NCCCc2nc3ccc(Cl)cc3[nH]2)c1. The minimum atomic E-state index is -3.34. The van der Waals surface area contributed by atoms with Crippen molar-refractivity contribution in [3.05, 3.63) is 58.9 Å². The number of H-pyrrole nitrogens is 1. The summed E-state index contributed by atoms with van der Waals surface area (Å²) in [6.07, 6.45) is 2.49. The van der Waals surface area contributed by atoms with E-state index in [-0.39, 0.29) is 10.8 Å². The van der Waals surface area contributed by atoms with Gasteiger partial charge >= 0.3 is 0 Å². The Hall–Kier alpha value is -2.38. The van der Waals surface area contributed by atoms with Crippen molar-refractivity contribution in [2.45, 2.75) is 17.7 Å². The highest BCUT2D eigenvalue weighted by Crippen LogP contribution is 2.17. The van der Waals surface area contributed by atoms with Crippen molar-refractivity contribution in [1.29, 1.82) is 0 Å². The summed E-state index contributed by atoms with van der Waals surface area (Å²) in [5.41, 5.74) is 2.06. The highest BCUT2D eigenvalue weighted by molar-refractivity contribution is 7.90. The van der Waals surface area contributed by atoms with E-state index in [1.54, 1.807) is 18.2 Å². The van der Waals surface area contributed by atoms with Crippen molar-refractivity contribution in [1.82, 2.24) is 15.3 Å². The first-order valence-electron chi connectivity index (χ1n) is 8.05. The number of aromatic nitrogens is 2. The number of sulfone groups is 1. The van der Waals surface area contributed by atoms with Crippen molar-refractivity contribution >= 4 is 38.4 Å². The van der Waals surface area contributed by atoms with E-state index in [0.29, 0.717) is 30.0 Å². The first-order valence-corrected chi connectivity index (χ1v) is 10.3. The van der Waals surface area contributed by atoms with Gasteiger partial charge in [0.15, 0.2) is 9.84 Å². The molecule has 8 heteroatoms. The van der Waals surface area contributed by atoms with Crippen molar-refractivity contribution in [3.8, 4) is 0 Å². The highest BCUT2D eigenvalue weighted by atomic mass is 35.5. The van der Waals surface area contributed by atoms with Gasteiger partial charge < -0.3 is 10.3 Å². The lowest BCUT2D eigenvalue weighted by atomic mass is 10.2. The number of fused-ring (bicyclic) bond motifs is 1. The first kappa shape index (κ1) is 18.4. The maximum Gasteiger partial charge on any atom is 0.251 e. The lowest BCUT2D eigenvalue weighted by molar-refractivity contribution is 0.0953. The van der Waals surface area contributed by atoms with E-state index in [4.69, 9.17) is 11.6 Å². The van der Waals surface area contributed by atoms with Crippen molar-refractivity contribution in [2.24, 2.45) is 0 Å². The van der Waals surface area contributed by atoms with Gasteiger partial charge in [-0.15, -0.1) is 0 Å². The lowest BCUT2D eigenvalue weighted by Gasteiger charge is -2.06. The Morgan fingerprint density at radius 3 is 2.81 bits per heavy atom. The molecule has 26 heavy (non-hydrogen) atoms. The van der Waals surface area contributed by atoms with Gasteiger partial charge in [-0.2, -0.15) is 0 Å². The van der Waals surface area contributed by atoms with Gasteiger partial charge in [0.05, 0.1) is 15.9 Å². The number of nitrogens with zero attached hydrogens (tertiary/aromatic N) is 1. The normalized spacial score (nSPS) is 11.6. The van der Waals surface area contributed by atoms with Crippen LogP contribution in [0.5, 0.6) is 0 Å². The largest absolute Gasteiger partial charge is 0.352 e. The number of aromatic amines is 1. The fourth-order valence-electron chi connectivity index (χ4n) is 2.58. The Morgan fingerprint density at radius 2 is 2.04 bits per heavy atom. The fourth-order valence-corrected chi connectivity index (χ4v) is 3.42. The summed E-state index contributed by atoms with van der Waals surface area (Å²) in [6, 6.07) is 11.5. The van der Waals surface area contributed by atoms with E-state index in [2.05, 4.69) is 15.3 Å². The van der Waals surface area contributed by atoms with Gasteiger partial charge in [0, 0.05) is 29.8 Å². The van der Waals surface area contributed by atoms with Crippen LogP contribution >= 0.6 is 11.6 Å². The molecule has 0 fully saturated rings. The molecule has 0 unspecified atom stereocenters. The van der Waals surface area contributed by atoms with Crippen LogP contribution in [0.4, 0.5) is 0 Å². The van der Waals surface area contributed by atoms with E-state index in [9.17, 15) is 13.2 Å². The van der Waals surface area contributed by atoms with Crippen molar-refractivity contribution in [2.75, 3.05) is 12.8 Å². The molecule has 6 nitrogen and oxygen atoms in total. The average Bonchev–Trinajstić information content (AvgIpc) is 2.99. The number of aryl methyl sites for hydroxylation is 1. The van der Waals surface area contributed by atoms with E-state index in [1.165, 1.54) is 12.1 Å². The summed E-state index contributed by atoms with van der Waals surface area (Å²) < 4.78 is 23.1. The van der Waals surface area contributed by atoms with Crippen molar-refractivity contribution < 1.29 is 13.2 Å². The third-order valence-corrected chi connectivity index (χ3v) is 5.24. The molecule has 136 valence electrons. The molecular formula is C18H18ClN3O3S. The minimum absolute atomic E-state index is 0.131. The molecular weight excluding hydrogens is 374 g/mol. The topological polar surface area (TPSA) is 91.9 Å². The summed E-state index contributed by atoms with van der Waals surface area (Å²) in [4.78, 5) is 20.0. The van der Waals surface area contributed by atoms with Crippen LogP contribution in [0.15, 0.2) is 47.4 Å². The van der Waals surface area contributed by atoms with Gasteiger partial charge in [-0.3, -0.25) is 4.79 Å². The van der Waals surface area contributed by atoms with Gasteiger partial charge in [-0.1, -0.05) is 17.7 Å². The molecule has 3 rings (SSSR count). The second kappa shape index (κ2) is 7.47. The molecule has 2 aromatic carbocycles. The Morgan fingerprint density at radius 1 is 1.23 bits per heavy atom. The van der Waals surface area contributed by atoms with Crippen LogP contribution in [-0.2, 0) is 16.3 Å². The molecule has 0 saturated carbocycles. The first-order chi connectivity index (χ1) is 12.3. The second-order valence-electron chi connectivity index (χ2n) is 6.00. The van der Waals surface area contributed by atoms with Crippen LogP contribution in [0.3, 0.4) is 0 Å². The standard InChI is InChI=1S/C18H18ClN3O3S/c1-26(24,25)14-5-2-4-12(10-14)18(23)20-9-3-6-17-21-15-8-7-13(19)11-16(15)22-17/h2,4-5,7-8,10-11H,3,6,9H2,1H3,(H,20,23)(H,21,22). The molecule has 0 aliphatic heterocycles. The number of rotatable bonds is 6. The third kappa shape index (κ3) is 4.42. The zero-order valence-corrected chi connectivity index (χ0v) is 15.7. The predicted molar refractivity (Wildman–Crippen MR) is 101 cm³/mol. The molecule has 0 atom stereocenters. The van der Waals surface area contributed by atoms with Gasteiger partial charge in [0.25, 0.3) is 5.91 Å². The summed E-state index contributed by atoms with van der Waals surface area (Å²) in [7, 11) is -3.34. The quantitative estimate of drug-likeness (QED) is 0.632. The molecule has 1 aromatic heterocycles. The number of halogens is 1. The van der Waals surface area contributed by atoms with Crippen molar-refractivity contribution in [3.63, 3.8) is 0 Å². The molecule has 1 heterocycles.